The normalized spacial score (nSPS) is 29.1. The minimum absolute atomic E-state index is 0.0814. The van der Waals surface area contributed by atoms with Crippen LogP contribution in [0.4, 0.5) is 0 Å². The van der Waals surface area contributed by atoms with Crippen LogP contribution in [-0.2, 0) is 14.3 Å². The lowest BCUT2D eigenvalue weighted by Gasteiger charge is -2.34. The van der Waals surface area contributed by atoms with E-state index in [1.54, 1.807) is 0 Å². The Hall–Kier alpha value is -1.36. The van der Waals surface area contributed by atoms with Crippen LogP contribution in [0.15, 0.2) is 12.2 Å². The lowest BCUT2D eigenvalue weighted by atomic mass is 9.81. The molecule has 0 aromatic rings. The van der Waals surface area contributed by atoms with Crippen LogP contribution in [0.3, 0.4) is 0 Å². The van der Waals surface area contributed by atoms with Crippen molar-refractivity contribution in [3.8, 4) is 0 Å². The third-order valence-electron chi connectivity index (χ3n) is 5.61. The van der Waals surface area contributed by atoms with Gasteiger partial charge in [-0.3, -0.25) is 9.59 Å². The highest BCUT2D eigenvalue weighted by Crippen LogP contribution is 2.29. The van der Waals surface area contributed by atoms with E-state index in [1.165, 1.54) is 25.7 Å². The average Bonchev–Trinajstić information content (AvgIpc) is 2.90. The van der Waals surface area contributed by atoms with Crippen molar-refractivity contribution < 1.29 is 14.3 Å². The molecule has 1 saturated heterocycles. The number of carbonyl (C=O) groups is 2. The summed E-state index contributed by atoms with van der Waals surface area (Å²) in [5.74, 6) is -0.214. The molecule has 0 aromatic carbocycles. The second-order valence-electron chi connectivity index (χ2n) is 7.29. The Bertz CT molecular complexity index is 463. The summed E-state index contributed by atoms with van der Waals surface area (Å²) in [6.07, 6.45) is 12.6. The summed E-state index contributed by atoms with van der Waals surface area (Å²) in [5, 5.41) is 3.25. The summed E-state index contributed by atoms with van der Waals surface area (Å²) in [6, 6.07) is 0.296. The first-order chi connectivity index (χ1) is 11.8. The van der Waals surface area contributed by atoms with Gasteiger partial charge in [-0.25, -0.2) is 0 Å². The number of nitrogens with zero attached hydrogens (tertiary/aromatic N) is 1. The minimum atomic E-state index is -0.214. The lowest BCUT2D eigenvalue weighted by molar-refractivity contribution is -0.145. The van der Waals surface area contributed by atoms with E-state index < -0.39 is 0 Å². The number of nitrogens with one attached hydrogen (secondary N) is 1. The Balaban J connectivity index is 1.61. The van der Waals surface area contributed by atoms with Crippen LogP contribution in [0.25, 0.3) is 0 Å². The van der Waals surface area contributed by atoms with Gasteiger partial charge in [0.1, 0.15) is 0 Å². The fourth-order valence-electron chi connectivity index (χ4n) is 4.13. The van der Waals surface area contributed by atoms with Gasteiger partial charge >= 0.3 is 0 Å². The van der Waals surface area contributed by atoms with Crippen molar-refractivity contribution >= 4 is 11.8 Å². The number of hydrogen-bond acceptors (Lipinski definition) is 3. The molecule has 0 aromatic heterocycles. The molecule has 0 spiro atoms. The summed E-state index contributed by atoms with van der Waals surface area (Å²) in [4.78, 5) is 27.6. The third-order valence-corrected chi connectivity index (χ3v) is 5.61. The Morgan fingerprint density at radius 3 is 2.21 bits per heavy atom. The Morgan fingerprint density at radius 1 is 0.917 bits per heavy atom. The van der Waals surface area contributed by atoms with Gasteiger partial charge in [0.2, 0.25) is 11.8 Å². The molecule has 3 aliphatic rings. The highest BCUT2D eigenvalue weighted by molar-refractivity contribution is 5.88. The quantitative estimate of drug-likeness (QED) is 0.636. The molecule has 5 heteroatoms. The van der Waals surface area contributed by atoms with E-state index in [-0.39, 0.29) is 23.7 Å². The monoisotopic (exact) mass is 334 g/mol. The molecule has 5 nitrogen and oxygen atoms in total. The molecule has 2 aliphatic carbocycles. The zero-order chi connectivity index (χ0) is 16.8. The van der Waals surface area contributed by atoms with E-state index in [1.807, 2.05) is 4.90 Å². The van der Waals surface area contributed by atoms with Gasteiger partial charge in [0.15, 0.2) is 0 Å². The van der Waals surface area contributed by atoms with Crippen molar-refractivity contribution in [2.24, 2.45) is 11.8 Å². The van der Waals surface area contributed by atoms with Crippen molar-refractivity contribution in [1.29, 1.82) is 0 Å². The van der Waals surface area contributed by atoms with Gasteiger partial charge in [0.25, 0.3) is 0 Å². The van der Waals surface area contributed by atoms with E-state index in [0.717, 1.165) is 12.8 Å². The molecule has 2 fully saturated rings. The van der Waals surface area contributed by atoms with Crippen molar-refractivity contribution in [1.82, 2.24) is 10.2 Å². The zero-order valence-corrected chi connectivity index (χ0v) is 14.5. The molecule has 1 aliphatic heterocycles. The first-order valence-corrected chi connectivity index (χ1v) is 9.57. The number of rotatable bonds is 3. The van der Waals surface area contributed by atoms with Gasteiger partial charge in [-0.2, -0.15) is 0 Å². The number of allylic oxidation sites excluding steroid dienone is 2. The fraction of sp³-hybridized carbons (Fsp3) is 0.789. The molecule has 2 atom stereocenters. The molecule has 0 radical (unpaired) electrons. The standard InChI is InChI=1S/C19H30N2O3/c22-18(20-15-7-3-1-2-4-8-15)16-9-5-6-10-17(16)19(23)21-11-13-24-14-12-21/h5-6,15-17H,1-4,7-14H2,(H,20,22)/t16-,17-/m0/s1. The summed E-state index contributed by atoms with van der Waals surface area (Å²) >= 11 is 0. The summed E-state index contributed by atoms with van der Waals surface area (Å²) < 4.78 is 5.34. The Labute approximate surface area is 144 Å². The molecule has 134 valence electrons. The van der Waals surface area contributed by atoms with E-state index >= 15 is 0 Å². The maximum Gasteiger partial charge on any atom is 0.226 e. The average molecular weight is 334 g/mol. The smallest absolute Gasteiger partial charge is 0.226 e. The number of ether oxygens (including phenoxy) is 1. The first kappa shape index (κ1) is 17.5. The van der Waals surface area contributed by atoms with Gasteiger partial charge in [-0.1, -0.05) is 37.8 Å². The van der Waals surface area contributed by atoms with Crippen LogP contribution < -0.4 is 5.32 Å². The van der Waals surface area contributed by atoms with Crippen molar-refractivity contribution in [2.75, 3.05) is 26.3 Å². The zero-order valence-electron chi connectivity index (χ0n) is 14.5. The second kappa shape index (κ2) is 8.65. The third kappa shape index (κ3) is 4.38. The van der Waals surface area contributed by atoms with E-state index in [4.69, 9.17) is 4.74 Å². The maximum atomic E-state index is 12.9. The predicted octanol–water partition coefficient (Wildman–Crippen LogP) is 2.27. The van der Waals surface area contributed by atoms with Gasteiger partial charge in [0, 0.05) is 19.1 Å². The number of amides is 2. The number of morpholine rings is 1. The van der Waals surface area contributed by atoms with Gasteiger partial charge in [-0.15, -0.1) is 0 Å². The van der Waals surface area contributed by atoms with Crippen LogP contribution in [0.2, 0.25) is 0 Å². The molecular weight excluding hydrogens is 304 g/mol. The van der Waals surface area contributed by atoms with E-state index in [0.29, 0.717) is 45.2 Å². The molecule has 0 bridgehead atoms. The Morgan fingerprint density at radius 2 is 1.54 bits per heavy atom. The molecule has 2 amide bonds. The Kier molecular flexibility index (Phi) is 6.30. The van der Waals surface area contributed by atoms with Crippen LogP contribution in [0, 0.1) is 11.8 Å². The van der Waals surface area contributed by atoms with Gasteiger partial charge in [0.05, 0.1) is 25.0 Å². The van der Waals surface area contributed by atoms with Crippen LogP contribution in [0.5, 0.6) is 0 Å². The molecule has 0 unspecified atom stereocenters. The summed E-state index contributed by atoms with van der Waals surface area (Å²) in [5.41, 5.74) is 0. The molecule has 1 N–H and O–H groups in total. The molecule has 1 heterocycles. The molecular formula is C19H30N2O3. The SMILES string of the molecule is O=C(NC1CCCCCC1)[C@H]1CC=CC[C@@H]1C(=O)N1CCOCC1. The van der Waals surface area contributed by atoms with Gasteiger partial charge < -0.3 is 15.0 Å². The minimum Gasteiger partial charge on any atom is -0.378 e. The van der Waals surface area contributed by atoms with Crippen molar-refractivity contribution in [2.45, 2.75) is 57.4 Å². The first-order valence-electron chi connectivity index (χ1n) is 9.57. The largest absolute Gasteiger partial charge is 0.378 e. The number of hydrogen-bond donors (Lipinski definition) is 1. The highest BCUT2D eigenvalue weighted by atomic mass is 16.5. The van der Waals surface area contributed by atoms with Crippen LogP contribution >= 0.6 is 0 Å². The summed E-state index contributed by atoms with van der Waals surface area (Å²) in [6.45, 7) is 2.51. The van der Waals surface area contributed by atoms with Crippen molar-refractivity contribution in [3.05, 3.63) is 12.2 Å². The van der Waals surface area contributed by atoms with Crippen LogP contribution in [-0.4, -0.2) is 49.1 Å². The highest BCUT2D eigenvalue weighted by Gasteiger charge is 2.37. The molecule has 3 rings (SSSR count). The lowest BCUT2D eigenvalue weighted by Crippen LogP contribution is -2.49. The second-order valence-corrected chi connectivity index (χ2v) is 7.29. The van der Waals surface area contributed by atoms with Crippen LogP contribution in [0.1, 0.15) is 51.4 Å². The van der Waals surface area contributed by atoms with Gasteiger partial charge in [-0.05, 0) is 25.7 Å². The summed E-state index contributed by atoms with van der Waals surface area (Å²) in [7, 11) is 0. The van der Waals surface area contributed by atoms with E-state index in [2.05, 4.69) is 17.5 Å². The molecule has 1 saturated carbocycles. The molecule has 24 heavy (non-hydrogen) atoms. The fourth-order valence-corrected chi connectivity index (χ4v) is 4.13. The maximum absolute atomic E-state index is 12.9. The van der Waals surface area contributed by atoms with Crippen molar-refractivity contribution in [3.63, 3.8) is 0 Å². The number of carbonyl (C=O) groups excluding carboxylic acids is 2. The van der Waals surface area contributed by atoms with E-state index in [9.17, 15) is 9.59 Å². The topological polar surface area (TPSA) is 58.6 Å². The predicted molar refractivity (Wildman–Crippen MR) is 92.4 cm³/mol.